The first-order chi connectivity index (χ1) is 6.76. The van der Waals surface area contributed by atoms with Crippen molar-refractivity contribution < 1.29 is 9.21 Å². The van der Waals surface area contributed by atoms with E-state index in [1.807, 2.05) is 6.92 Å². The van der Waals surface area contributed by atoms with Gasteiger partial charge in [0.15, 0.2) is 5.89 Å². The summed E-state index contributed by atoms with van der Waals surface area (Å²) in [5.41, 5.74) is 0. The molecule has 1 aromatic heterocycles. The van der Waals surface area contributed by atoms with Crippen molar-refractivity contribution in [2.45, 2.75) is 19.8 Å². The molecular formula is C9H15N3O2. The van der Waals surface area contributed by atoms with Crippen molar-refractivity contribution in [3.8, 4) is 0 Å². The Hall–Kier alpha value is -1.52. The summed E-state index contributed by atoms with van der Waals surface area (Å²) < 4.78 is 5.37. The predicted octanol–water partition coefficient (Wildman–Crippen LogP) is 0.709. The lowest BCUT2D eigenvalue weighted by atomic mass is 10.4. The SMILES string of the molecule is CCc1cnc(CCNC(=O)NC)o1. The van der Waals surface area contributed by atoms with Crippen LogP contribution in [0.5, 0.6) is 0 Å². The molecular weight excluding hydrogens is 182 g/mol. The normalized spacial score (nSPS) is 9.86. The molecule has 0 aromatic carbocycles. The van der Waals surface area contributed by atoms with Gasteiger partial charge < -0.3 is 15.1 Å². The summed E-state index contributed by atoms with van der Waals surface area (Å²) in [5, 5.41) is 5.12. The maximum atomic E-state index is 10.8. The van der Waals surface area contributed by atoms with Crippen molar-refractivity contribution in [2.24, 2.45) is 0 Å². The highest BCUT2D eigenvalue weighted by molar-refractivity contribution is 5.73. The van der Waals surface area contributed by atoms with Crippen LogP contribution >= 0.6 is 0 Å². The van der Waals surface area contributed by atoms with Gasteiger partial charge in [-0.2, -0.15) is 0 Å². The average molecular weight is 197 g/mol. The number of oxazole rings is 1. The zero-order chi connectivity index (χ0) is 10.4. The minimum Gasteiger partial charge on any atom is -0.446 e. The van der Waals surface area contributed by atoms with Gasteiger partial charge in [0.25, 0.3) is 0 Å². The number of hydrogen-bond donors (Lipinski definition) is 2. The third-order valence-electron chi connectivity index (χ3n) is 1.80. The third-order valence-corrected chi connectivity index (χ3v) is 1.80. The van der Waals surface area contributed by atoms with Gasteiger partial charge in [-0.05, 0) is 0 Å². The number of hydrogen-bond acceptors (Lipinski definition) is 3. The van der Waals surface area contributed by atoms with Crippen LogP contribution in [0, 0.1) is 0 Å². The van der Waals surface area contributed by atoms with Gasteiger partial charge in [-0.25, -0.2) is 9.78 Å². The van der Waals surface area contributed by atoms with E-state index in [4.69, 9.17) is 4.42 Å². The summed E-state index contributed by atoms with van der Waals surface area (Å²) in [6.45, 7) is 2.54. The second kappa shape index (κ2) is 5.26. The smallest absolute Gasteiger partial charge is 0.314 e. The number of rotatable bonds is 4. The largest absolute Gasteiger partial charge is 0.446 e. The van der Waals surface area contributed by atoms with E-state index in [1.165, 1.54) is 0 Å². The molecule has 0 bridgehead atoms. The van der Waals surface area contributed by atoms with Crippen LogP contribution in [-0.4, -0.2) is 24.6 Å². The summed E-state index contributed by atoms with van der Waals surface area (Å²) >= 11 is 0. The van der Waals surface area contributed by atoms with Crippen molar-refractivity contribution >= 4 is 6.03 Å². The number of amides is 2. The van der Waals surface area contributed by atoms with Gasteiger partial charge in [-0.3, -0.25) is 0 Å². The van der Waals surface area contributed by atoms with E-state index >= 15 is 0 Å². The molecule has 1 rings (SSSR count). The third kappa shape index (κ3) is 3.08. The fraction of sp³-hybridized carbons (Fsp3) is 0.556. The van der Waals surface area contributed by atoms with Crippen LogP contribution in [0.4, 0.5) is 4.79 Å². The zero-order valence-corrected chi connectivity index (χ0v) is 8.46. The lowest BCUT2D eigenvalue weighted by Gasteiger charge is -2.00. The highest BCUT2D eigenvalue weighted by Gasteiger charge is 2.02. The van der Waals surface area contributed by atoms with Gasteiger partial charge in [-0.1, -0.05) is 6.92 Å². The summed E-state index contributed by atoms with van der Waals surface area (Å²) in [7, 11) is 1.58. The van der Waals surface area contributed by atoms with Gasteiger partial charge in [0.2, 0.25) is 0 Å². The van der Waals surface area contributed by atoms with E-state index in [2.05, 4.69) is 15.6 Å². The van der Waals surface area contributed by atoms with Crippen LogP contribution in [0.1, 0.15) is 18.6 Å². The molecule has 78 valence electrons. The molecule has 0 aliphatic carbocycles. The Balaban J connectivity index is 2.27. The van der Waals surface area contributed by atoms with Gasteiger partial charge >= 0.3 is 6.03 Å². The molecule has 0 saturated heterocycles. The van der Waals surface area contributed by atoms with Crippen LogP contribution in [0.25, 0.3) is 0 Å². The number of nitrogens with zero attached hydrogens (tertiary/aromatic N) is 1. The minimum absolute atomic E-state index is 0.188. The maximum Gasteiger partial charge on any atom is 0.314 e. The first-order valence-corrected chi connectivity index (χ1v) is 4.65. The molecule has 2 N–H and O–H groups in total. The topological polar surface area (TPSA) is 67.2 Å². The fourth-order valence-electron chi connectivity index (χ4n) is 0.998. The van der Waals surface area contributed by atoms with E-state index in [0.717, 1.165) is 12.2 Å². The number of urea groups is 1. The molecule has 5 heteroatoms. The van der Waals surface area contributed by atoms with Crippen molar-refractivity contribution in [3.05, 3.63) is 17.8 Å². The Bertz CT molecular complexity index is 296. The van der Waals surface area contributed by atoms with Gasteiger partial charge in [0.05, 0.1) is 6.20 Å². The second-order valence-corrected chi connectivity index (χ2v) is 2.83. The summed E-state index contributed by atoms with van der Waals surface area (Å²) in [4.78, 5) is 14.9. The molecule has 0 radical (unpaired) electrons. The second-order valence-electron chi connectivity index (χ2n) is 2.83. The Morgan fingerprint density at radius 2 is 2.43 bits per heavy atom. The monoisotopic (exact) mass is 197 g/mol. The van der Waals surface area contributed by atoms with Crippen molar-refractivity contribution in [1.29, 1.82) is 0 Å². The molecule has 0 fully saturated rings. The van der Waals surface area contributed by atoms with Gasteiger partial charge in [0.1, 0.15) is 5.76 Å². The van der Waals surface area contributed by atoms with Crippen LogP contribution in [0.2, 0.25) is 0 Å². The molecule has 5 nitrogen and oxygen atoms in total. The van der Waals surface area contributed by atoms with Crippen LogP contribution in [0.3, 0.4) is 0 Å². The summed E-state index contributed by atoms with van der Waals surface area (Å²) in [6.07, 6.45) is 3.18. The molecule has 0 spiro atoms. The zero-order valence-electron chi connectivity index (χ0n) is 8.46. The quantitative estimate of drug-likeness (QED) is 0.747. The Kier molecular flexibility index (Phi) is 3.97. The molecule has 0 saturated carbocycles. The number of aryl methyl sites for hydroxylation is 1. The molecule has 0 aliphatic heterocycles. The van der Waals surface area contributed by atoms with Crippen LogP contribution < -0.4 is 10.6 Å². The number of nitrogens with one attached hydrogen (secondary N) is 2. The lowest BCUT2D eigenvalue weighted by Crippen LogP contribution is -2.34. The van der Waals surface area contributed by atoms with Crippen molar-refractivity contribution in [2.75, 3.05) is 13.6 Å². The summed E-state index contributed by atoms with van der Waals surface area (Å²) in [6, 6.07) is -0.188. The predicted molar refractivity (Wildman–Crippen MR) is 52.0 cm³/mol. The van der Waals surface area contributed by atoms with E-state index in [9.17, 15) is 4.79 Å². The maximum absolute atomic E-state index is 10.8. The van der Waals surface area contributed by atoms with Gasteiger partial charge in [0, 0.05) is 26.4 Å². The fourth-order valence-corrected chi connectivity index (χ4v) is 0.998. The first-order valence-electron chi connectivity index (χ1n) is 4.65. The van der Waals surface area contributed by atoms with Crippen molar-refractivity contribution in [1.82, 2.24) is 15.6 Å². The molecule has 0 atom stereocenters. The molecule has 0 unspecified atom stereocenters. The standard InChI is InChI=1S/C9H15N3O2/c1-3-7-6-12-8(14-7)4-5-11-9(13)10-2/h6H,3-5H2,1-2H3,(H2,10,11,13). The van der Waals surface area contributed by atoms with E-state index in [0.29, 0.717) is 18.9 Å². The van der Waals surface area contributed by atoms with E-state index in [-0.39, 0.29) is 6.03 Å². The van der Waals surface area contributed by atoms with Gasteiger partial charge in [-0.15, -0.1) is 0 Å². The minimum atomic E-state index is -0.188. The Morgan fingerprint density at radius 1 is 1.64 bits per heavy atom. The highest BCUT2D eigenvalue weighted by atomic mass is 16.4. The number of aromatic nitrogens is 1. The highest BCUT2D eigenvalue weighted by Crippen LogP contribution is 2.03. The van der Waals surface area contributed by atoms with Crippen LogP contribution in [-0.2, 0) is 12.8 Å². The molecule has 14 heavy (non-hydrogen) atoms. The Morgan fingerprint density at radius 3 is 3.00 bits per heavy atom. The lowest BCUT2D eigenvalue weighted by molar-refractivity contribution is 0.243. The Labute approximate surface area is 82.9 Å². The molecule has 1 aromatic rings. The molecule has 0 aliphatic rings. The van der Waals surface area contributed by atoms with Crippen LogP contribution in [0.15, 0.2) is 10.6 Å². The molecule has 1 heterocycles. The average Bonchev–Trinajstić information content (AvgIpc) is 2.65. The first kappa shape index (κ1) is 10.6. The molecule has 2 amide bonds. The number of carbonyl (C=O) groups excluding carboxylic acids is 1. The number of carbonyl (C=O) groups is 1. The van der Waals surface area contributed by atoms with E-state index in [1.54, 1.807) is 13.2 Å². The van der Waals surface area contributed by atoms with Crippen molar-refractivity contribution in [3.63, 3.8) is 0 Å². The summed E-state index contributed by atoms with van der Waals surface area (Å²) in [5.74, 6) is 1.54. The van der Waals surface area contributed by atoms with E-state index < -0.39 is 0 Å².